The summed E-state index contributed by atoms with van der Waals surface area (Å²) in [5, 5.41) is 24.1. The van der Waals surface area contributed by atoms with E-state index in [1.165, 1.54) is 17.0 Å². The molecule has 4 aliphatic rings. The molecule has 4 aromatic rings. The van der Waals surface area contributed by atoms with E-state index >= 15 is 0 Å². The molecule has 394 valence electrons. The number of hydrogen-bond donors (Lipinski definition) is 5. The lowest BCUT2D eigenvalue weighted by molar-refractivity contribution is -0.146. The number of benzene rings is 2. The Morgan fingerprint density at radius 1 is 0.973 bits per heavy atom. The van der Waals surface area contributed by atoms with E-state index < -0.39 is 41.2 Å². The number of nitrogens with zero attached hydrogens (tertiary/aromatic N) is 7. The molecule has 5 amide bonds. The second-order valence-electron chi connectivity index (χ2n) is 20.4. The second-order valence-corrected chi connectivity index (χ2v) is 20.4. The van der Waals surface area contributed by atoms with Gasteiger partial charge in [-0.15, -0.1) is 0 Å². The minimum Gasteiger partial charge on any atom is -0.491 e. The van der Waals surface area contributed by atoms with Gasteiger partial charge in [-0.1, -0.05) is 26.8 Å². The van der Waals surface area contributed by atoms with Crippen LogP contribution in [-0.2, 0) is 54.7 Å². The smallest absolute Gasteiger partial charge is 0.254 e. The maximum atomic E-state index is 14.9. The number of nitrogen functional groups attached to an aromatic ring is 1. The molecule has 0 unspecified atom stereocenters. The number of rotatable bonds is 19. The summed E-state index contributed by atoms with van der Waals surface area (Å²) in [6, 6.07) is 11.4. The van der Waals surface area contributed by atoms with Crippen LogP contribution in [0.15, 0.2) is 48.7 Å². The highest BCUT2D eigenvalue weighted by molar-refractivity contribution is 5.97. The summed E-state index contributed by atoms with van der Waals surface area (Å²) in [5.74, 6) is -1.41. The first-order valence-electron chi connectivity index (χ1n) is 25.3. The first-order valence-corrected chi connectivity index (χ1v) is 25.3. The summed E-state index contributed by atoms with van der Waals surface area (Å²) in [5.41, 5.74) is 16.9. The maximum absolute atomic E-state index is 14.9. The first-order chi connectivity index (χ1) is 35.5. The van der Waals surface area contributed by atoms with Gasteiger partial charge < -0.3 is 56.3 Å². The molecule has 2 aromatic carbocycles. The minimum atomic E-state index is -0.906. The monoisotopic (exact) mass is 1020 g/mol. The summed E-state index contributed by atoms with van der Waals surface area (Å²) in [7, 11) is 1.66. The lowest BCUT2D eigenvalue weighted by Crippen LogP contribution is -2.61. The quantitative estimate of drug-likeness (QED) is 0.0843. The summed E-state index contributed by atoms with van der Waals surface area (Å²) in [4.78, 5) is 76.7. The van der Waals surface area contributed by atoms with Crippen LogP contribution in [-0.4, -0.2) is 131 Å². The molecule has 74 heavy (non-hydrogen) atoms. The third-order valence-corrected chi connectivity index (χ3v) is 14.2. The van der Waals surface area contributed by atoms with E-state index in [1.54, 1.807) is 41.9 Å². The summed E-state index contributed by atoms with van der Waals surface area (Å²) in [6.45, 7) is 9.59. The van der Waals surface area contributed by atoms with Crippen molar-refractivity contribution in [1.29, 1.82) is 5.26 Å². The molecule has 1 aliphatic carbocycles. The van der Waals surface area contributed by atoms with Gasteiger partial charge in [0.25, 0.3) is 5.91 Å². The predicted molar refractivity (Wildman–Crippen MR) is 272 cm³/mol. The Labute approximate surface area is 430 Å². The van der Waals surface area contributed by atoms with Gasteiger partial charge in [-0.25, -0.2) is 9.37 Å². The number of carbonyl (C=O) groups excluding carboxylic acids is 5. The lowest BCUT2D eigenvalue weighted by Gasteiger charge is -2.40. The SMILES string of the molecule is CN[C@@H](C)C(=O)N[C@H](C(=O)N1Cc2cc(OCCOCCOCCC(=O)NCCn3nc4c(c3C#N)-c3cnc(N)c(c3)N3CCC[C@@H]3c3cc(F)ccc3C(=O)N(C3CC3)C4)ccc2C[C@H]1C(N)=O)C(C)(C)C. The van der Waals surface area contributed by atoms with E-state index in [2.05, 4.69) is 31.9 Å². The number of nitriles is 1. The Morgan fingerprint density at radius 2 is 1.73 bits per heavy atom. The van der Waals surface area contributed by atoms with Crippen LogP contribution in [0.5, 0.6) is 5.75 Å². The number of pyridine rings is 1. The molecule has 2 aromatic heterocycles. The Balaban J connectivity index is 0.806. The van der Waals surface area contributed by atoms with E-state index in [9.17, 15) is 33.6 Å². The fourth-order valence-electron chi connectivity index (χ4n) is 9.93. The van der Waals surface area contributed by atoms with Gasteiger partial charge in [0.05, 0.1) is 63.0 Å². The van der Waals surface area contributed by atoms with Crippen LogP contribution in [0.4, 0.5) is 15.9 Å². The molecule has 20 nitrogen and oxygen atoms in total. The van der Waals surface area contributed by atoms with Crippen molar-refractivity contribution in [3.05, 3.63) is 88.1 Å². The highest BCUT2D eigenvalue weighted by Gasteiger charge is 2.43. The molecule has 0 radical (unpaired) electrons. The average molecular weight is 1020 g/mol. The van der Waals surface area contributed by atoms with Crippen LogP contribution in [0.25, 0.3) is 11.1 Å². The van der Waals surface area contributed by atoms with Gasteiger partial charge in [-0.3, -0.25) is 28.7 Å². The van der Waals surface area contributed by atoms with Crippen molar-refractivity contribution in [3.8, 4) is 22.9 Å². The van der Waals surface area contributed by atoms with Gasteiger partial charge >= 0.3 is 0 Å². The number of carbonyl (C=O) groups is 5. The van der Waals surface area contributed by atoms with Crippen LogP contribution < -0.4 is 37.1 Å². The van der Waals surface area contributed by atoms with Gasteiger partial charge in [0.2, 0.25) is 23.6 Å². The zero-order chi connectivity index (χ0) is 52.8. The van der Waals surface area contributed by atoms with Gasteiger partial charge in [-0.2, -0.15) is 10.4 Å². The van der Waals surface area contributed by atoms with E-state index in [0.717, 1.165) is 30.4 Å². The van der Waals surface area contributed by atoms with Crippen molar-refractivity contribution in [1.82, 2.24) is 40.5 Å². The number of aromatic nitrogens is 3. The van der Waals surface area contributed by atoms with E-state index in [0.29, 0.717) is 52.4 Å². The molecule has 21 heteroatoms. The van der Waals surface area contributed by atoms with Crippen molar-refractivity contribution >= 4 is 41.0 Å². The number of halogens is 1. The normalized spacial score (nSPS) is 18.1. The number of ether oxygens (including phenoxy) is 3. The van der Waals surface area contributed by atoms with Crippen LogP contribution in [0.1, 0.15) is 104 Å². The fourth-order valence-corrected chi connectivity index (χ4v) is 9.93. The fraction of sp³-hybridized carbons (Fsp3) is 0.509. The molecular formula is C53H67FN12O8. The van der Waals surface area contributed by atoms with E-state index in [4.69, 9.17) is 30.8 Å². The molecule has 5 heterocycles. The standard InChI is InChI=1S/C53H67FN12O8/c1-31(58-5)50(69)61-47(53(2,3)4)52(71)65-29-34-23-37(12-8-32(34)24-43(65)49(57)68)74-22-21-73-20-19-72-18-14-45(67)59-15-17-66-44(27-55)46-33-25-42(48(56)60-28-33)63-16-6-7-41(63)39-26-35(54)9-13-38(39)51(70)64(36-10-11-36)30-40(46)62-66/h8-9,12-13,23,25-26,28,31,36,41,43,47,58H,6-7,10-11,14-22,24,29-30H2,1-5H3,(H2,56,60)(H2,57,68)(H,59,67)(H,61,69)/t31-,41+,43-,47+/m0/s1. The molecule has 2 fully saturated rings. The van der Waals surface area contributed by atoms with E-state index in [-0.39, 0.29) is 113 Å². The van der Waals surface area contributed by atoms with Gasteiger partial charge in [0, 0.05) is 61.4 Å². The molecule has 2 bridgehead atoms. The molecule has 8 rings (SSSR count). The van der Waals surface area contributed by atoms with Crippen molar-refractivity contribution < 1.29 is 42.6 Å². The minimum absolute atomic E-state index is 0.0274. The molecule has 3 aliphatic heterocycles. The van der Waals surface area contributed by atoms with Crippen molar-refractivity contribution in [2.75, 3.05) is 63.8 Å². The Hall–Kier alpha value is -7.15. The Bertz CT molecular complexity index is 2800. The van der Waals surface area contributed by atoms with Crippen molar-refractivity contribution in [2.24, 2.45) is 11.1 Å². The number of amides is 5. The van der Waals surface area contributed by atoms with Crippen LogP contribution >= 0.6 is 0 Å². The largest absolute Gasteiger partial charge is 0.491 e. The third-order valence-electron chi connectivity index (χ3n) is 14.2. The van der Waals surface area contributed by atoms with Gasteiger partial charge in [0.1, 0.15) is 47.8 Å². The predicted octanol–water partition coefficient (Wildman–Crippen LogP) is 3.49. The van der Waals surface area contributed by atoms with E-state index in [1.807, 2.05) is 39.0 Å². The van der Waals surface area contributed by atoms with Crippen LogP contribution in [0.3, 0.4) is 0 Å². The second kappa shape index (κ2) is 22.9. The number of fused-ring (bicyclic) bond motifs is 9. The third kappa shape index (κ3) is 11.9. The zero-order valence-electron chi connectivity index (χ0n) is 42.7. The molecule has 1 saturated carbocycles. The molecular weight excluding hydrogens is 952 g/mol. The summed E-state index contributed by atoms with van der Waals surface area (Å²) < 4.78 is 33.7. The number of likely N-dealkylation sites (N-methyl/N-ethyl adjacent to an activating group) is 1. The van der Waals surface area contributed by atoms with Crippen LogP contribution in [0, 0.1) is 22.6 Å². The van der Waals surface area contributed by atoms with Crippen LogP contribution in [0.2, 0.25) is 0 Å². The molecule has 4 atom stereocenters. The maximum Gasteiger partial charge on any atom is 0.254 e. The van der Waals surface area contributed by atoms with Gasteiger partial charge in [0.15, 0.2) is 0 Å². The number of hydrogen-bond acceptors (Lipinski definition) is 14. The molecule has 0 spiro atoms. The highest BCUT2D eigenvalue weighted by Crippen LogP contribution is 2.44. The highest BCUT2D eigenvalue weighted by atomic mass is 19.1. The van der Waals surface area contributed by atoms with Gasteiger partial charge in [-0.05, 0) is 98.2 Å². The Kier molecular flexibility index (Phi) is 16.5. The van der Waals surface area contributed by atoms with Crippen molar-refractivity contribution in [2.45, 2.75) is 116 Å². The first kappa shape index (κ1) is 53.2. The Morgan fingerprint density at radius 3 is 2.45 bits per heavy atom. The average Bonchev–Trinajstić information content (AvgIpc) is 3.99. The number of nitrogens with two attached hydrogens (primary N) is 2. The number of nitrogens with one attached hydrogen (secondary N) is 3. The molecule has 1 saturated heterocycles. The topological polar surface area (TPSA) is 265 Å². The zero-order valence-corrected chi connectivity index (χ0v) is 42.7. The molecule has 7 N–H and O–H groups in total. The number of anilines is 2. The summed E-state index contributed by atoms with van der Waals surface area (Å²) >= 11 is 0. The number of primary amides is 1. The summed E-state index contributed by atoms with van der Waals surface area (Å²) in [6.07, 6.45) is 5.07. The van der Waals surface area contributed by atoms with Crippen molar-refractivity contribution in [3.63, 3.8) is 0 Å². The lowest BCUT2D eigenvalue weighted by atomic mass is 9.84.